The molecule has 2 aromatic carbocycles. The molecular formula is C22H25ClF3NO. The first kappa shape index (κ1) is 21.2. The Balaban J connectivity index is 1.48. The first-order valence-corrected chi connectivity index (χ1v) is 10.0. The van der Waals surface area contributed by atoms with E-state index in [1.54, 1.807) is 24.3 Å². The molecule has 1 aliphatic heterocycles. The van der Waals surface area contributed by atoms with Crippen LogP contribution in [0.4, 0.5) is 13.2 Å². The Kier molecular flexibility index (Phi) is 7.02. The first-order valence-electron chi connectivity index (χ1n) is 9.63. The van der Waals surface area contributed by atoms with Gasteiger partial charge in [0.25, 0.3) is 0 Å². The molecule has 1 fully saturated rings. The molecule has 152 valence electrons. The monoisotopic (exact) mass is 411 g/mol. The number of rotatable bonds is 6. The number of β-amino-alcohol motifs (C(OH)–C–C–N with tert-alkyl or cyclic N) is 1. The maximum atomic E-state index is 12.7. The van der Waals surface area contributed by atoms with Crippen molar-refractivity contribution in [3.63, 3.8) is 0 Å². The lowest BCUT2D eigenvalue weighted by molar-refractivity contribution is -0.137. The van der Waals surface area contributed by atoms with E-state index in [9.17, 15) is 18.3 Å². The van der Waals surface area contributed by atoms with Gasteiger partial charge in [-0.15, -0.1) is 0 Å². The van der Waals surface area contributed by atoms with Crippen molar-refractivity contribution in [1.29, 1.82) is 0 Å². The highest BCUT2D eigenvalue weighted by atomic mass is 35.5. The fraction of sp³-hybridized carbons (Fsp3) is 0.455. The SMILES string of the molecule is O[C@H](CN1CCCC(CCc2ccc(C(F)(F)F)cc2)C1)c1ccc(Cl)cc1. The van der Waals surface area contributed by atoms with Crippen molar-refractivity contribution in [3.05, 3.63) is 70.2 Å². The summed E-state index contributed by atoms with van der Waals surface area (Å²) in [6.45, 7) is 2.45. The van der Waals surface area contributed by atoms with Gasteiger partial charge in [0.05, 0.1) is 11.7 Å². The minimum atomic E-state index is -4.28. The number of aliphatic hydroxyl groups excluding tert-OH is 1. The highest BCUT2D eigenvalue weighted by molar-refractivity contribution is 6.30. The maximum absolute atomic E-state index is 12.7. The largest absolute Gasteiger partial charge is 0.416 e. The molecule has 28 heavy (non-hydrogen) atoms. The van der Waals surface area contributed by atoms with Gasteiger partial charge in [-0.2, -0.15) is 13.2 Å². The second-order valence-electron chi connectivity index (χ2n) is 7.57. The lowest BCUT2D eigenvalue weighted by Crippen LogP contribution is -2.38. The third-order valence-corrected chi connectivity index (χ3v) is 5.66. The topological polar surface area (TPSA) is 23.5 Å². The quantitative estimate of drug-likeness (QED) is 0.655. The zero-order valence-corrected chi connectivity index (χ0v) is 16.4. The second-order valence-corrected chi connectivity index (χ2v) is 8.00. The molecule has 1 N–H and O–H groups in total. The van der Waals surface area contributed by atoms with Crippen molar-refractivity contribution in [3.8, 4) is 0 Å². The van der Waals surface area contributed by atoms with Crippen LogP contribution in [0.3, 0.4) is 0 Å². The molecule has 1 unspecified atom stereocenters. The molecule has 6 heteroatoms. The summed E-state index contributed by atoms with van der Waals surface area (Å²) in [5, 5.41) is 11.1. The summed E-state index contributed by atoms with van der Waals surface area (Å²) in [7, 11) is 0. The van der Waals surface area contributed by atoms with Crippen LogP contribution < -0.4 is 0 Å². The van der Waals surface area contributed by atoms with Crippen molar-refractivity contribution in [1.82, 2.24) is 4.90 Å². The molecular weight excluding hydrogens is 387 g/mol. The van der Waals surface area contributed by atoms with Crippen molar-refractivity contribution in [2.75, 3.05) is 19.6 Å². The molecule has 2 aromatic rings. The van der Waals surface area contributed by atoms with Crippen LogP contribution in [0.1, 0.15) is 42.1 Å². The van der Waals surface area contributed by atoms with Crippen LogP contribution in [-0.4, -0.2) is 29.6 Å². The minimum Gasteiger partial charge on any atom is -0.387 e. The van der Waals surface area contributed by atoms with Crippen molar-refractivity contribution in [2.24, 2.45) is 5.92 Å². The smallest absolute Gasteiger partial charge is 0.387 e. The normalized spacial score (nSPS) is 19.5. The highest BCUT2D eigenvalue weighted by Gasteiger charge is 2.30. The van der Waals surface area contributed by atoms with E-state index in [4.69, 9.17) is 11.6 Å². The third-order valence-electron chi connectivity index (χ3n) is 5.41. The van der Waals surface area contributed by atoms with Crippen LogP contribution in [-0.2, 0) is 12.6 Å². The van der Waals surface area contributed by atoms with E-state index in [1.165, 1.54) is 0 Å². The number of likely N-dealkylation sites (tertiary alicyclic amines) is 1. The summed E-state index contributed by atoms with van der Waals surface area (Å²) in [6, 6.07) is 12.7. The van der Waals surface area contributed by atoms with Crippen LogP contribution in [0, 0.1) is 5.92 Å². The lowest BCUT2D eigenvalue weighted by atomic mass is 9.91. The maximum Gasteiger partial charge on any atom is 0.416 e. The van der Waals surface area contributed by atoms with Crippen LogP contribution in [0.5, 0.6) is 0 Å². The minimum absolute atomic E-state index is 0.494. The Hall–Kier alpha value is -1.56. The number of piperidine rings is 1. The highest BCUT2D eigenvalue weighted by Crippen LogP contribution is 2.30. The van der Waals surface area contributed by atoms with Crippen LogP contribution in [0.2, 0.25) is 5.02 Å². The number of hydrogen-bond acceptors (Lipinski definition) is 2. The molecule has 0 spiro atoms. The number of nitrogens with zero attached hydrogens (tertiary/aromatic N) is 1. The Morgan fingerprint density at radius 3 is 2.39 bits per heavy atom. The summed E-state index contributed by atoms with van der Waals surface area (Å²) in [4.78, 5) is 2.28. The average molecular weight is 412 g/mol. The van der Waals surface area contributed by atoms with Crippen LogP contribution in [0.15, 0.2) is 48.5 Å². The Bertz CT molecular complexity index is 746. The number of aliphatic hydroxyl groups is 1. The summed E-state index contributed by atoms with van der Waals surface area (Å²) < 4.78 is 38.0. The lowest BCUT2D eigenvalue weighted by Gasteiger charge is -2.34. The number of alkyl halides is 3. The van der Waals surface area contributed by atoms with Gasteiger partial charge in [-0.25, -0.2) is 0 Å². The predicted molar refractivity (Wildman–Crippen MR) is 105 cm³/mol. The fourth-order valence-electron chi connectivity index (χ4n) is 3.82. The molecule has 1 aliphatic rings. The number of halogens is 4. The summed E-state index contributed by atoms with van der Waals surface area (Å²) in [5.41, 5.74) is 1.19. The van der Waals surface area contributed by atoms with E-state index in [-0.39, 0.29) is 0 Å². The molecule has 0 aromatic heterocycles. The van der Waals surface area contributed by atoms with Crippen molar-refractivity contribution in [2.45, 2.75) is 38.0 Å². The standard InChI is InChI=1S/C22H25ClF3NO/c23-20-11-7-18(8-12-20)21(28)15-27-13-1-2-17(14-27)4-3-16-5-9-19(10-6-16)22(24,25)26/h5-12,17,21,28H,1-4,13-15H2/t17?,21-/m1/s1. The predicted octanol–water partition coefficient (Wildman–Crippen LogP) is 5.74. The van der Waals surface area contributed by atoms with Crippen LogP contribution >= 0.6 is 11.6 Å². The summed E-state index contributed by atoms with van der Waals surface area (Å²) in [5.74, 6) is 0.494. The van der Waals surface area contributed by atoms with Gasteiger partial charge in [-0.05, 0) is 73.5 Å². The molecule has 1 heterocycles. The zero-order valence-electron chi connectivity index (χ0n) is 15.6. The van der Waals surface area contributed by atoms with E-state index in [0.717, 1.165) is 62.0 Å². The van der Waals surface area contributed by atoms with Gasteiger partial charge in [0, 0.05) is 18.1 Å². The van der Waals surface area contributed by atoms with Crippen LogP contribution in [0.25, 0.3) is 0 Å². The van der Waals surface area contributed by atoms with Gasteiger partial charge < -0.3 is 10.0 Å². The Morgan fingerprint density at radius 2 is 1.75 bits per heavy atom. The second kappa shape index (κ2) is 9.29. The molecule has 0 radical (unpaired) electrons. The molecule has 1 saturated heterocycles. The third kappa shape index (κ3) is 5.97. The van der Waals surface area contributed by atoms with E-state index < -0.39 is 17.8 Å². The molecule has 0 amide bonds. The molecule has 2 atom stereocenters. The van der Waals surface area contributed by atoms with Gasteiger partial charge in [0.15, 0.2) is 0 Å². The van der Waals surface area contributed by atoms with Gasteiger partial charge in [0.2, 0.25) is 0 Å². The van der Waals surface area contributed by atoms with E-state index in [2.05, 4.69) is 4.90 Å². The van der Waals surface area contributed by atoms with Gasteiger partial charge >= 0.3 is 6.18 Å². The van der Waals surface area contributed by atoms with Crippen molar-refractivity contribution < 1.29 is 18.3 Å². The molecule has 0 bridgehead atoms. The van der Waals surface area contributed by atoms with Crippen molar-refractivity contribution >= 4 is 11.6 Å². The molecule has 2 nitrogen and oxygen atoms in total. The fourth-order valence-corrected chi connectivity index (χ4v) is 3.94. The Labute approximate surface area is 168 Å². The number of aryl methyl sites for hydroxylation is 1. The number of hydrogen-bond donors (Lipinski definition) is 1. The van der Waals surface area contributed by atoms with Gasteiger partial charge in [-0.3, -0.25) is 0 Å². The number of benzene rings is 2. The van der Waals surface area contributed by atoms with E-state index in [0.29, 0.717) is 17.5 Å². The molecule has 0 saturated carbocycles. The average Bonchev–Trinajstić information content (AvgIpc) is 2.67. The van der Waals surface area contributed by atoms with E-state index >= 15 is 0 Å². The van der Waals surface area contributed by atoms with Gasteiger partial charge in [0.1, 0.15) is 0 Å². The summed E-state index contributed by atoms with van der Waals surface area (Å²) in [6.07, 6.45) is -0.923. The molecule has 3 rings (SSSR count). The van der Waals surface area contributed by atoms with Gasteiger partial charge in [-0.1, -0.05) is 35.9 Å². The summed E-state index contributed by atoms with van der Waals surface area (Å²) >= 11 is 5.90. The Morgan fingerprint density at radius 1 is 1.07 bits per heavy atom. The first-order chi connectivity index (χ1) is 13.3. The molecule has 0 aliphatic carbocycles. The zero-order chi connectivity index (χ0) is 20.1. The van der Waals surface area contributed by atoms with E-state index in [1.807, 2.05) is 12.1 Å².